The van der Waals surface area contributed by atoms with Gasteiger partial charge in [-0.05, 0) is 51.1 Å². The highest BCUT2D eigenvalue weighted by Crippen LogP contribution is 2.22. The largest absolute Gasteiger partial charge is 0.491 e. The molecule has 0 unspecified atom stereocenters. The molecule has 1 heterocycles. The Morgan fingerprint density at radius 1 is 1.19 bits per heavy atom. The van der Waals surface area contributed by atoms with Crippen molar-refractivity contribution >= 4 is 5.95 Å². The summed E-state index contributed by atoms with van der Waals surface area (Å²) in [6.45, 7) is 7.18. The van der Waals surface area contributed by atoms with Gasteiger partial charge in [-0.1, -0.05) is 0 Å². The Balaban J connectivity index is 2.22. The highest BCUT2D eigenvalue weighted by molar-refractivity contribution is 5.61. The third-order valence-corrected chi connectivity index (χ3v) is 2.80. The van der Waals surface area contributed by atoms with Gasteiger partial charge in [0.25, 0.3) is 0 Å². The van der Waals surface area contributed by atoms with Crippen LogP contribution in [-0.4, -0.2) is 29.2 Å². The van der Waals surface area contributed by atoms with Gasteiger partial charge in [-0.2, -0.15) is 0 Å². The Labute approximate surface area is 125 Å². The van der Waals surface area contributed by atoms with Crippen molar-refractivity contribution in [3.8, 4) is 17.0 Å². The van der Waals surface area contributed by atoms with Gasteiger partial charge in [-0.3, -0.25) is 0 Å². The molecule has 2 aromatic rings. The maximum Gasteiger partial charge on any atom is 0.223 e. The lowest BCUT2D eigenvalue weighted by Gasteiger charge is -2.11. The molecule has 21 heavy (non-hydrogen) atoms. The summed E-state index contributed by atoms with van der Waals surface area (Å²) in [5.41, 5.74) is 8.33. The lowest BCUT2D eigenvalue weighted by Crippen LogP contribution is -2.15. The molecule has 0 atom stereocenters. The maximum atomic E-state index is 5.65. The van der Waals surface area contributed by atoms with Gasteiger partial charge in [0.2, 0.25) is 5.95 Å². The van der Waals surface area contributed by atoms with Crippen molar-refractivity contribution in [3.63, 3.8) is 0 Å². The van der Waals surface area contributed by atoms with Gasteiger partial charge in [-0.15, -0.1) is 0 Å². The molecule has 0 aliphatic heterocycles. The second-order valence-corrected chi connectivity index (χ2v) is 5.12. The summed E-state index contributed by atoms with van der Waals surface area (Å²) in [6.07, 6.45) is 0.171. The quantitative estimate of drug-likeness (QED) is 0.854. The van der Waals surface area contributed by atoms with Crippen LogP contribution < -0.4 is 15.8 Å². The highest BCUT2D eigenvalue weighted by Gasteiger charge is 2.05. The van der Waals surface area contributed by atoms with E-state index in [2.05, 4.69) is 15.3 Å². The molecule has 0 bridgehead atoms. The van der Waals surface area contributed by atoms with Gasteiger partial charge >= 0.3 is 0 Å². The van der Waals surface area contributed by atoms with Gasteiger partial charge in [0, 0.05) is 24.3 Å². The second-order valence-electron chi connectivity index (χ2n) is 5.12. The molecule has 0 radical (unpaired) electrons. The Hall–Kier alpha value is -2.14. The van der Waals surface area contributed by atoms with Gasteiger partial charge in [-0.25, -0.2) is 9.97 Å². The number of benzene rings is 1. The second kappa shape index (κ2) is 7.04. The van der Waals surface area contributed by atoms with Gasteiger partial charge in [0.15, 0.2) is 0 Å². The molecule has 112 valence electrons. The lowest BCUT2D eigenvalue weighted by atomic mass is 10.1. The topological polar surface area (TPSA) is 73.1 Å². The average molecular weight is 286 g/mol. The minimum absolute atomic E-state index is 0.171. The molecule has 1 aromatic carbocycles. The van der Waals surface area contributed by atoms with E-state index in [0.29, 0.717) is 19.0 Å². The molecule has 2 rings (SSSR count). The normalized spacial score (nSPS) is 10.7. The van der Waals surface area contributed by atoms with Crippen molar-refractivity contribution in [1.29, 1.82) is 0 Å². The first kappa shape index (κ1) is 15.3. The maximum absolute atomic E-state index is 5.65. The zero-order valence-corrected chi connectivity index (χ0v) is 12.8. The molecule has 0 amide bonds. The summed E-state index contributed by atoms with van der Waals surface area (Å²) in [6, 6.07) is 9.89. The predicted octanol–water partition coefficient (Wildman–Crippen LogP) is 2.61. The number of ether oxygens (including phenoxy) is 1. The van der Waals surface area contributed by atoms with Crippen LogP contribution in [0.2, 0.25) is 0 Å². The Kier molecular flexibility index (Phi) is 5.11. The Bertz CT molecular complexity index is 581. The standard InChI is InChI=1S/C16H22N4O/c1-11(2)21-14-6-4-13(5-7-14)15-10-12(3)19-16(20-15)18-9-8-17/h4-7,10-11H,8-9,17H2,1-3H3,(H,18,19,20). The van der Waals surface area contributed by atoms with Gasteiger partial charge in [0.1, 0.15) is 5.75 Å². The summed E-state index contributed by atoms with van der Waals surface area (Å²) in [7, 11) is 0. The molecule has 5 heteroatoms. The van der Waals surface area contributed by atoms with Crippen molar-refractivity contribution in [2.75, 3.05) is 18.4 Å². The molecule has 3 N–H and O–H groups in total. The van der Waals surface area contributed by atoms with Crippen LogP contribution in [0.5, 0.6) is 5.75 Å². The Morgan fingerprint density at radius 2 is 1.90 bits per heavy atom. The highest BCUT2D eigenvalue weighted by atomic mass is 16.5. The SMILES string of the molecule is Cc1cc(-c2ccc(OC(C)C)cc2)nc(NCCN)n1. The molecule has 0 fully saturated rings. The van der Waals surface area contributed by atoms with Crippen molar-refractivity contribution in [3.05, 3.63) is 36.0 Å². The molecule has 0 aliphatic rings. The fourth-order valence-electron chi connectivity index (χ4n) is 1.96. The van der Waals surface area contributed by atoms with E-state index >= 15 is 0 Å². The van der Waals surface area contributed by atoms with Crippen LogP contribution in [-0.2, 0) is 0 Å². The zero-order chi connectivity index (χ0) is 15.2. The van der Waals surface area contributed by atoms with Crippen molar-refractivity contribution < 1.29 is 4.74 Å². The number of anilines is 1. The smallest absolute Gasteiger partial charge is 0.223 e. The number of nitrogens with zero attached hydrogens (tertiary/aromatic N) is 2. The van der Waals surface area contributed by atoms with E-state index < -0.39 is 0 Å². The van der Waals surface area contributed by atoms with Gasteiger partial charge < -0.3 is 15.8 Å². The summed E-state index contributed by atoms with van der Waals surface area (Å²) in [4.78, 5) is 8.86. The van der Waals surface area contributed by atoms with Crippen LogP contribution in [0, 0.1) is 6.92 Å². The third-order valence-electron chi connectivity index (χ3n) is 2.80. The summed E-state index contributed by atoms with van der Waals surface area (Å²) < 4.78 is 5.65. The summed E-state index contributed by atoms with van der Waals surface area (Å²) in [5, 5.41) is 3.11. The minimum Gasteiger partial charge on any atom is -0.491 e. The number of aryl methyl sites for hydroxylation is 1. The van der Waals surface area contributed by atoms with Crippen molar-refractivity contribution in [2.24, 2.45) is 5.73 Å². The number of rotatable bonds is 6. The first-order chi connectivity index (χ1) is 10.1. The number of hydrogen-bond donors (Lipinski definition) is 2. The van der Waals surface area contributed by atoms with E-state index in [4.69, 9.17) is 10.5 Å². The molecule has 0 aliphatic carbocycles. The molecule has 0 saturated carbocycles. The van der Waals surface area contributed by atoms with Gasteiger partial charge in [0.05, 0.1) is 11.8 Å². The lowest BCUT2D eigenvalue weighted by molar-refractivity contribution is 0.242. The van der Waals surface area contributed by atoms with Crippen LogP contribution in [0.4, 0.5) is 5.95 Å². The van der Waals surface area contributed by atoms with Crippen molar-refractivity contribution in [1.82, 2.24) is 9.97 Å². The zero-order valence-electron chi connectivity index (χ0n) is 12.8. The van der Waals surface area contributed by atoms with Crippen LogP contribution in [0.25, 0.3) is 11.3 Å². The third kappa shape index (κ3) is 4.43. The van der Waals surface area contributed by atoms with Crippen LogP contribution in [0.3, 0.4) is 0 Å². The fraction of sp³-hybridized carbons (Fsp3) is 0.375. The summed E-state index contributed by atoms with van der Waals surface area (Å²) in [5.74, 6) is 1.47. The molecule has 1 aromatic heterocycles. The summed E-state index contributed by atoms with van der Waals surface area (Å²) >= 11 is 0. The van der Waals surface area contributed by atoms with E-state index in [1.54, 1.807) is 0 Å². The average Bonchev–Trinajstić information content (AvgIpc) is 2.44. The van der Waals surface area contributed by atoms with Crippen LogP contribution >= 0.6 is 0 Å². The minimum atomic E-state index is 0.171. The van der Waals surface area contributed by atoms with Crippen LogP contribution in [0.15, 0.2) is 30.3 Å². The predicted molar refractivity (Wildman–Crippen MR) is 85.5 cm³/mol. The van der Waals surface area contributed by atoms with Crippen LogP contribution in [0.1, 0.15) is 19.5 Å². The van der Waals surface area contributed by atoms with Crippen molar-refractivity contribution in [2.45, 2.75) is 26.9 Å². The molecule has 0 spiro atoms. The van der Waals surface area contributed by atoms with E-state index in [-0.39, 0.29) is 6.10 Å². The molecule has 0 saturated heterocycles. The number of hydrogen-bond acceptors (Lipinski definition) is 5. The number of aromatic nitrogens is 2. The first-order valence-corrected chi connectivity index (χ1v) is 7.15. The van der Waals surface area contributed by atoms with E-state index in [1.165, 1.54) is 0 Å². The fourth-order valence-corrected chi connectivity index (χ4v) is 1.96. The Morgan fingerprint density at radius 3 is 2.52 bits per heavy atom. The van der Waals surface area contributed by atoms with E-state index in [9.17, 15) is 0 Å². The number of nitrogens with two attached hydrogens (primary N) is 1. The van der Waals surface area contributed by atoms with E-state index in [1.807, 2.05) is 51.1 Å². The number of nitrogens with one attached hydrogen (secondary N) is 1. The molecular formula is C16H22N4O. The van der Waals surface area contributed by atoms with E-state index in [0.717, 1.165) is 22.7 Å². The first-order valence-electron chi connectivity index (χ1n) is 7.15. The monoisotopic (exact) mass is 286 g/mol. The molecular weight excluding hydrogens is 264 g/mol. The molecule has 5 nitrogen and oxygen atoms in total.